The van der Waals surface area contributed by atoms with Crippen molar-refractivity contribution >= 4 is 113 Å². The Bertz CT molecular complexity index is 4040. The molecule has 2 fully saturated rings. The fraction of sp³-hybridized carbons (Fsp3) is 0.568. The molecule has 3 aromatic carbocycles. The number of benzene rings is 3. The molecule has 14 atom stereocenters. The number of thiol groups is 1. The van der Waals surface area contributed by atoms with Crippen LogP contribution in [0, 0.1) is 17.8 Å². The summed E-state index contributed by atoms with van der Waals surface area (Å²) in [5, 5.41) is 81.6. The Morgan fingerprint density at radius 2 is 0.884 bits per heavy atom. The van der Waals surface area contributed by atoms with Crippen LogP contribution in [0.2, 0.25) is 0 Å². The van der Waals surface area contributed by atoms with E-state index >= 15 is 0 Å². The number of nitrogens with zero attached hydrogens (tertiary/aromatic N) is 2. The van der Waals surface area contributed by atoms with Crippen LogP contribution in [0.4, 0.5) is 0 Å². The Hall–Kier alpha value is -11.4. The van der Waals surface area contributed by atoms with Crippen LogP contribution < -0.4 is 80.6 Å². The number of aliphatic carboxylic acids is 2. The lowest BCUT2D eigenvalue weighted by molar-refractivity contribution is -0.148. The van der Waals surface area contributed by atoms with Crippen LogP contribution in [0.3, 0.4) is 0 Å². The van der Waals surface area contributed by atoms with Crippen molar-refractivity contribution in [1.29, 1.82) is 0 Å². The van der Waals surface area contributed by atoms with Gasteiger partial charge in [0.1, 0.15) is 84.3 Å². The van der Waals surface area contributed by atoms with E-state index in [1.807, 2.05) is 0 Å². The third-order valence-electron chi connectivity index (χ3n) is 20.1. The second-order valence-corrected chi connectivity index (χ2v) is 31.5. The summed E-state index contributed by atoms with van der Waals surface area (Å²) in [5.74, 6) is -17.3. The maximum absolute atomic E-state index is 14.8. The van der Waals surface area contributed by atoms with Gasteiger partial charge >= 0.3 is 11.9 Å². The molecule has 0 aliphatic carbocycles. The number of carboxylic acids is 2. The van der Waals surface area contributed by atoms with E-state index in [4.69, 9.17) is 11.5 Å². The number of phenolic OH excluding ortho intramolecular Hbond substituents is 1. The Morgan fingerprint density at radius 3 is 1.39 bits per heavy atom. The highest BCUT2D eigenvalue weighted by atomic mass is 32.1. The molecule has 3 aromatic rings. The van der Waals surface area contributed by atoms with Gasteiger partial charge in [-0.2, -0.15) is 12.6 Å². The van der Waals surface area contributed by atoms with Gasteiger partial charge in [-0.25, -0.2) is 4.79 Å². The second kappa shape index (κ2) is 50.7. The molecule has 2 heterocycles. The molecule has 2 aliphatic heterocycles. The summed E-state index contributed by atoms with van der Waals surface area (Å²) in [6.07, 6.45) is 1.02. The third kappa shape index (κ3) is 33.3. The number of carboxylic acid groups (broad SMARTS) is 2. The summed E-state index contributed by atoms with van der Waals surface area (Å²) < 4.78 is 0. The highest BCUT2D eigenvalue weighted by Crippen LogP contribution is 2.27. The number of hydrogen-bond donors (Lipinski definition) is 21. The van der Waals surface area contributed by atoms with Crippen LogP contribution in [0.1, 0.15) is 136 Å². The zero-order valence-electron chi connectivity index (χ0n) is 69.1. The zero-order chi connectivity index (χ0) is 89.7. The molecule has 0 saturated carbocycles. The normalized spacial score (nSPS) is 16.7. The van der Waals surface area contributed by atoms with Crippen molar-refractivity contribution < 1.29 is 107 Å². The Morgan fingerprint density at radius 1 is 0.455 bits per heavy atom. The maximum atomic E-state index is 14.8. The average Bonchev–Trinajstić information content (AvgIpc) is 1.67. The van der Waals surface area contributed by atoms with Crippen molar-refractivity contribution in [3.8, 4) is 5.75 Å². The number of nitrogens with two attached hydrogens (primary N) is 2. The van der Waals surface area contributed by atoms with Crippen molar-refractivity contribution in [3.63, 3.8) is 0 Å². The van der Waals surface area contributed by atoms with Gasteiger partial charge in [-0.1, -0.05) is 121 Å². The van der Waals surface area contributed by atoms with Gasteiger partial charge in [0, 0.05) is 44.5 Å². The summed E-state index contributed by atoms with van der Waals surface area (Å²) >= 11 is 4.18. The molecule has 39 nitrogen and oxygen atoms in total. The lowest BCUT2D eigenvalue weighted by Gasteiger charge is -2.33. The third-order valence-corrected chi connectivity index (χ3v) is 20.4. The lowest BCUT2D eigenvalue weighted by atomic mass is 9.99. The molecule has 15 amide bonds. The lowest BCUT2D eigenvalue weighted by Crippen LogP contribution is -2.61. The zero-order valence-corrected chi connectivity index (χ0v) is 70.0. The van der Waals surface area contributed by atoms with Crippen molar-refractivity contribution in [3.05, 3.63) is 102 Å². The Balaban J connectivity index is 1.27. The highest BCUT2D eigenvalue weighted by molar-refractivity contribution is 7.80. The average molecular weight is 1720 g/mol. The first-order chi connectivity index (χ1) is 57.4. The SMILES string of the molecule is CC(C)C[C@H](NC(=O)[C@H](Cc1ccccc1)NC(=O)CNC(=O)[C@H](Cc1ccccc1)NC(=O)[C@H](CO)NC(=O)[C@@H](NC(=O)[C@H](CS)NC(=O)CNC(=O)[C@H](CCC(=O)O)NC(=O)[C@@H](N)CCCCN)C(C)C)C(=O)N[C@@H](Cc1ccc(O)cc1)C(=O)N[C@@H](C)C(=O)N1CCC[C@H]1C(=O)N1CCC[C@H]1C(=O)N[C@@H](CC(C)C)C(=O)N[C@@H](CO)C(=O)O. The van der Waals surface area contributed by atoms with E-state index in [0.29, 0.717) is 48.9 Å². The number of rotatable bonds is 50. The molecule has 5 rings (SSSR count). The Kier molecular flexibility index (Phi) is 41.9. The molecular weight excluding hydrogens is 1600 g/mol. The number of aliphatic hydroxyl groups is 2. The van der Waals surface area contributed by atoms with Crippen LogP contribution in [-0.4, -0.2) is 272 Å². The number of carbonyl (C=O) groups excluding carboxylic acids is 15. The van der Waals surface area contributed by atoms with Crippen molar-refractivity contribution in [1.82, 2.24) is 78.9 Å². The van der Waals surface area contributed by atoms with Crippen LogP contribution >= 0.6 is 12.6 Å². The first kappa shape index (κ1) is 100. The van der Waals surface area contributed by atoms with Gasteiger partial charge in [0.05, 0.1) is 32.3 Å². The van der Waals surface area contributed by atoms with Gasteiger partial charge in [0.25, 0.3) is 0 Å². The molecule has 121 heavy (non-hydrogen) atoms. The van der Waals surface area contributed by atoms with Crippen LogP contribution in [0.25, 0.3) is 0 Å². The van der Waals surface area contributed by atoms with E-state index in [1.165, 1.54) is 54.8 Å². The molecule has 40 heteroatoms. The van der Waals surface area contributed by atoms with Gasteiger partial charge in [-0.3, -0.25) is 76.7 Å². The minimum absolute atomic E-state index is 0.0344. The van der Waals surface area contributed by atoms with Crippen molar-refractivity contribution in [2.24, 2.45) is 29.2 Å². The monoisotopic (exact) mass is 1710 g/mol. The number of phenols is 1. The summed E-state index contributed by atoms with van der Waals surface area (Å²) in [6.45, 7) is 8.57. The minimum Gasteiger partial charge on any atom is -0.508 e. The van der Waals surface area contributed by atoms with Crippen LogP contribution in [0.15, 0.2) is 84.9 Å². The number of unbranched alkanes of at least 4 members (excludes halogenated alkanes) is 1. The van der Waals surface area contributed by atoms with E-state index in [0.717, 1.165) is 0 Å². The van der Waals surface area contributed by atoms with Gasteiger partial charge in [-0.15, -0.1) is 0 Å². The van der Waals surface area contributed by atoms with E-state index in [-0.39, 0.29) is 94.2 Å². The molecule has 0 bridgehead atoms. The van der Waals surface area contributed by atoms with Gasteiger partial charge in [0.15, 0.2) is 0 Å². The van der Waals surface area contributed by atoms with E-state index < -0.39 is 224 Å². The number of nitrogens with one attached hydrogen (secondary N) is 13. The molecule has 0 spiro atoms. The summed E-state index contributed by atoms with van der Waals surface area (Å²) in [5.41, 5.74) is 13.0. The quantitative estimate of drug-likeness (QED) is 0.0189. The van der Waals surface area contributed by atoms with E-state index in [1.54, 1.807) is 88.4 Å². The van der Waals surface area contributed by atoms with Gasteiger partial charge in [-0.05, 0) is 118 Å². The van der Waals surface area contributed by atoms with E-state index in [9.17, 15) is 107 Å². The summed E-state index contributed by atoms with van der Waals surface area (Å²) in [4.78, 5) is 235. The molecule has 0 radical (unpaired) electrons. The first-order valence-corrected chi connectivity index (χ1v) is 41.1. The highest BCUT2D eigenvalue weighted by Gasteiger charge is 2.45. The topological polar surface area (TPSA) is 606 Å². The fourth-order valence-electron chi connectivity index (χ4n) is 13.5. The summed E-state index contributed by atoms with van der Waals surface area (Å²) in [6, 6.07) is 3.06. The predicted octanol–water partition coefficient (Wildman–Crippen LogP) is -3.94. The summed E-state index contributed by atoms with van der Waals surface area (Å²) in [7, 11) is 0. The number of aromatic hydroxyl groups is 1. The van der Waals surface area contributed by atoms with Crippen molar-refractivity contribution in [2.45, 2.75) is 223 Å². The number of hydrogen-bond acceptors (Lipinski definition) is 23. The standard InChI is InChI=1S/C81H119N17O22S/c1-44(2)34-54(72(110)92-58(38-50-25-27-51(101)28-26-50)71(109)86-47(7)79(117)98-33-17-24-63(98)80(118)97-32-16-23-62(97)77(115)93-55(35-45(3)4)73(111)95-60(42-100)81(119)120)90-74(112)57(37-49-20-12-9-13-21-49)87-64(102)39-85-70(108)56(36-48-18-10-8-11-19-48)91-75(113)59(41-99)94-78(116)67(46(5)6)96-76(114)61(43-121)88-65(103)40-84-69(107)53(29-30-66(104)105)89-68(106)52(83)22-14-15-31-82/h8-13,18-21,25-28,44-47,52-63,67,99-101,121H,14-17,22-24,29-43,82-83H2,1-7H3,(H,84,107)(H,85,108)(H,86,109)(H,87,102)(H,88,103)(H,89,106)(H,90,112)(H,91,113)(H,92,110)(H,93,115)(H,94,116)(H,95,111)(H,96,114)(H,104,105)(H,119,120)/t47-,52-,53-,54-,55-,56-,57-,58-,59-,60-,61-,62-,63-,67-/m0/s1. The molecule has 2 aliphatic rings. The first-order valence-electron chi connectivity index (χ1n) is 40.5. The minimum atomic E-state index is -1.78. The van der Waals surface area contributed by atoms with E-state index in [2.05, 4.69) is 81.7 Å². The number of amides is 15. The number of carbonyl (C=O) groups is 17. The van der Waals surface area contributed by atoms with Gasteiger partial charge in [0.2, 0.25) is 88.6 Å². The van der Waals surface area contributed by atoms with Gasteiger partial charge < -0.3 is 116 Å². The van der Waals surface area contributed by atoms with Crippen LogP contribution in [0.5, 0.6) is 5.75 Å². The maximum Gasteiger partial charge on any atom is 0.328 e. The second-order valence-electron chi connectivity index (χ2n) is 31.2. The molecular formula is C81H119N17O22S. The number of aliphatic hydroxyl groups excluding tert-OH is 2. The van der Waals surface area contributed by atoms with Crippen molar-refractivity contribution in [2.75, 3.05) is 51.7 Å². The van der Waals surface area contributed by atoms with Crippen LogP contribution in [-0.2, 0) is 101 Å². The largest absolute Gasteiger partial charge is 0.508 e. The molecule has 0 unspecified atom stereocenters. The Labute approximate surface area is 707 Å². The smallest absolute Gasteiger partial charge is 0.328 e. The molecule has 0 aromatic heterocycles. The molecule has 2 saturated heterocycles. The molecule has 22 N–H and O–H groups in total. The fourth-order valence-corrected chi connectivity index (χ4v) is 13.8. The number of likely N-dealkylation sites (tertiary alicyclic amines) is 2. The molecule has 666 valence electrons. The predicted molar refractivity (Wildman–Crippen MR) is 442 cm³/mol.